The summed E-state index contributed by atoms with van der Waals surface area (Å²) in [7, 11) is 0. The van der Waals surface area contributed by atoms with E-state index in [-0.39, 0.29) is 5.91 Å². The van der Waals surface area contributed by atoms with E-state index in [0.717, 1.165) is 35.0 Å². The van der Waals surface area contributed by atoms with E-state index in [2.05, 4.69) is 15.9 Å². The Kier molecular flexibility index (Phi) is 2.32. The molecule has 2 unspecified atom stereocenters. The van der Waals surface area contributed by atoms with Crippen LogP contribution in [0.1, 0.15) is 22.3 Å². The van der Waals surface area contributed by atoms with Gasteiger partial charge in [-0.1, -0.05) is 6.07 Å². The van der Waals surface area contributed by atoms with E-state index in [1.165, 1.54) is 12.0 Å². The zero-order valence-corrected chi connectivity index (χ0v) is 10.8. The SMILES string of the molecule is Cc1ccc(C(=O)N2CC3CC3C2)c(Br)c1. The minimum absolute atomic E-state index is 0.180. The number of piperidine rings is 1. The van der Waals surface area contributed by atoms with E-state index in [1.807, 2.05) is 30.0 Å². The molecule has 0 spiro atoms. The first kappa shape index (κ1) is 10.3. The van der Waals surface area contributed by atoms with Gasteiger partial charge < -0.3 is 4.90 Å². The molecule has 1 aromatic carbocycles. The average molecular weight is 280 g/mol. The zero-order valence-electron chi connectivity index (χ0n) is 9.24. The van der Waals surface area contributed by atoms with E-state index in [4.69, 9.17) is 0 Å². The molecular weight excluding hydrogens is 266 g/mol. The van der Waals surface area contributed by atoms with Crippen molar-refractivity contribution < 1.29 is 4.79 Å². The van der Waals surface area contributed by atoms with Gasteiger partial charge in [0.25, 0.3) is 5.91 Å². The quantitative estimate of drug-likeness (QED) is 0.774. The van der Waals surface area contributed by atoms with Crippen molar-refractivity contribution in [1.29, 1.82) is 0 Å². The van der Waals surface area contributed by atoms with Gasteiger partial charge in [-0.2, -0.15) is 0 Å². The van der Waals surface area contributed by atoms with Gasteiger partial charge in [-0.25, -0.2) is 0 Å². The monoisotopic (exact) mass is 279 g/mol. The van der Waals surface area contributed by atoms with Gasteiger partial charge in [-0.05, 0) is 58.8 Å². The zero-order chi connectivity index (χ0) is 11.3. The van der Waals surface area contributed by atoms with Crippen molar-refractivity contribution >= 4 is 21.8 Å². The van der Waals surface area contributed by atoms with E-state index in [1.54, 1.807) is 0 Å². The standard InChI is InChI=1S/C13H14BrNO/c1-8-2-3-11(12(14)4-8)13(16)15-6-9-5-10(9)7-15/h2-4,9-10H,5-7H2,1H3. The van der Waals surface area contributed by atoms with Gasteiger partial charge in [0, 0.05) is 17.6 Å². The third-order valence-corrected chi connectivity index (χ3v) is 4.28. The maximum Gasteiger partial charge on any atom is 0.255 e. The molecule has 0 bridgehead atoms. The largest absolute Gasteiger partial charge is 0.338 e. The lowest BCUT2D eigenvalue weighted by molar-refractivity contribution is 0.0774. The number of carbonyl (C=O) groups excluding carboxylic acids is 1. The Morgan fingerprint density at radius 2 is 2.06 bits per heavy atom. The lowest BCUT2D eigenvalue weighted by Gasteiger charge is -2.18. The predicted molar refractivity (Wildman–Crippen MR) is 66.4 cm³/mol. The number of likely N-dealkylation sites (tertiary alicyclic amines) is 1. The number of amides is 1. The molecule has 2 aliphatic rings. The minimum Gasteiger partial charge on any atom is -0.338 e. The Balaban J connectivity index is 1.83. The van der Waals surface area contributed by atoms with Crippen LogP contribution < -0.4 is 0 Å². The fourth-order valence-electron chi connectivity index (χ4n) is 2.53. The van der Waals surface area contributed by atoms with Gasteiger partial charge in [0.2, 0.25) is 0 Å². The fraction of sp³-hybridized carbons (Fsp3) is 0.462. The van der Waals surface area contributed by atoms with Crippen molar-refractivity contribution in [3.05, 3.63) is 33.8 Å². The summed E-state index contributed by atoms with van der Waals surface area (Å²) < 4.78 is 0.915. The Labute approximate surface area is 104 Å². The van der Waals surface area contributed by atoms with Crippen LogP contribution in [0.15, 0.2) is 22.7 Å². The van der Waals surface area contributed by atoms with Crippen molar-refractivity contribution in [2.45, 2.75) is 13.3 Å². The molecule has 1 saturated heterocycles. The summed E-state index contributed by atoms with van der Waals surface area (Å²) in [5, 5.41) is 0. The molecule has 16 heavy (non-hydrogen) atoms. The van der Waals surface area contributed by atoms with Crippen LogP contribution in [0, 0.1) is 18.8 Å². The third-order valence-electron chi connectivity index (χ3n) is 3.62. The predicted octanol–water partition coefficient (Wildman–Crippen LogP) is 2.85. The number of hydrogen-bond acceptors (Lipinski definition) is 1. The summed E-state index contributed by atoms with van der Waals surface area (Å²) >= 11 is 3.47. The highest BCUT2D eigenvalue weighted by molar-refractivity contribution is 9.10. The van der Waals surface area contributed by atoms with Gasteiger partial charge in [0.15, 0.2) is 0 Å². The second-order valence-electron chi connectivity index (χ2n) is 4.95. The summed E-state index contributed by atoms with van der Waals surface area (Å²) in [6, 6.07) is 5.92. The van der Waals surface area contributed by atoms with E-state index >= 15 is 0 Å². The number of nitrogens with zero attached hydrogens (tertiary/aromatic N) is 1. The molecular formula is C13H14BrNO. The summed E-state index contributed by atoms with van der Waals surface area (Å²) in [6.45, 7) is 3.96. The Bertz CT molecular complexity index is 447. The van der Waals surface area contributed by atoms with Crippen LogP contribution in [-0.4, -0.2) is 23.9 Å². The molecule has 3 heteroatoms. The molecule has 2 atom stereocenters. The molecule has 2 nitrogen and oxygen atoms in total. The topological polar surface area (TPSA) is 20.3 Å². The molecule has 84 valence electrons. The van der Waals surface area contributed by atoms with Crippen LogP contribution in [0.2, 0.25) is 0 Å². The van der Waals surface area contributed by atoms with E-state index in [0.29, 0.717) is 0 Å². The van der Waals surface area contributed by atoms with Crippen LogP contribution >= 0.6 is 15.9 Å². The van der Waals surface area contributed by atoms with Gasteiger partial charge in [0.1, 0.15) is 0 Å². The number of benzene rings is 1. The lowest BCUT2D eigenvalue weighted by Crippen LogP contribution is -2.30. The number of fused-ring (bicyclic) bond motifs is 1. The first-order valence-electron chi connectivity index (χ1n) is 5.70. The number of rotatable bonds is 1. The van der Waals surface area contributed by atoms with Gasteiger partial charge in [-0.3, -0.25) is 4.79 Å². The maximum absolute atomic E-state index is 12.2. The number of aryl methyl sites for hydroxylation is 1. The van der Waals surface area contributed by atoms with Crippen LogP contribution in [0.25, 0.3) is 0 Å². The summed E-state index contributed by atoms with van der Waals surface area (Å²) in [5.74, 6) is 1.78. The molecule has 0 N–H and O–H groups in total. The highest BCUT2D eigenvalue weighted by atomic mass is 79.9. The molecule has 0 radical (unpaired) electrons. The van der Waals surface area contributed by atoms with Crippen LogP contribution in [-0.2, 0) is 0 Å². The molecule has 1 aliphatic heterocycles. The van der Waals surface area contributed by atoms with Gasteiger partial charge in [-0.15, -0.1) is 0 Å². The minimum atomic E-state index is 0.180. The maximum atomic E-state index is 12.2. The first-order chi connectivity index (χ1) is 7.65. The smallest absolute Gasteiger partial charge is 0.255 e. The van der Waals surface area contributed by atoms with E-state index in [9.17, 15) is 4.79 Å². The second kappa shape index (κ2) is 3.59. The van der Waals surface area contributed by atoms with Crippen molar-refractivity contribution in [3.63, 3.8) is 0 Å². The van der Waals surface area contributed by atoms with Crippen molar-refractivity contribution in [2.24, 2.45) is 11.8 Å². The van der Waals surface area contributed by atoms with Crippen molar-refractivity contribution in [3.8, 4) is 0 Å². The average Bonchev–Trinajstić information content (AvgIpc) is 2.85. The normalized spacial score (nSPS) is 26.8. The van der Waals surface area contributed by atoms with Gasteiger partial charge in [0.05, 0.1) is 5.56 Å². The molecule has 1 aliphatic carbocycles. The summed E-state index contributed by atoms with van der Waals surface area (Å²) in [4.78, 5) is 14.2. The molecule has 1 aromatic rings. The summed E-state index contributed by atoms with van der Waals surface area (Å²) in [6.07, 6.45) is 1.33. The highest BCUT2D eigenvalue weighted by Crippen LogP contribution is 2.45. The molecule has 1 saturated carbocycles. The Hall–Kier alpha value is -0.830. The molecule has 1 amide bonds. The molecule has 3 rings (SSSR count). The number of carbonyl (C=O) groups is 1. The molecule has 0 aromatic heterocycles. The van der Waals surface area contributed by atoms with Crippen molar-refractivity contribution in [1.82, 2.24) is 4.90 Å². The van der Waals surface area contributed by atoms with Crippen LogP contribution in [0.5, 0.6) is 0 Å². The molecule has 2 fully saturated rings. The van der Waals surface area contributed by atoms with Crippen molar-refractivity contribution in [2.75, 3.05) is 13.1 Å². The van der Waals surface area contributed by atoms with E-state index < -0.39 is 0 Å². The van der Waals surface area contributed by atoms with Crippen LogP contribution in [0.4, 0.5) is 0 Å². The number of hydrogen-bond donors (Lipinski definition) is 0. The second-order valence-corrected chi connectivity index (χ2v) is 5.80. The lowest BCUT2D eigenvalue weighted by atomic mass is 10.1. The summed E-state index contributed by atoms with van der Waals surface area (Å²) in [5.41, 5.74) is 1.97. The van der Waals surface area contributed by atoms with Crippen LogP contribution in [0.3, 0.4) is 0 Å². The number of halogens is 1. The first-order valence-corrected chi connectivity index (χ1v) is 6.50. The Morgan fingerprint density at radius 1 is 1.38 bits per heavy atom. The molecule has 1 heterocycles. The van der Waals surface area contributed by atoms with Gasteiger partial charge >= 0.3 is 0 Å². The highest BCUT2D eigenvalue weighted by Gasteiger charge is 2.46. The fourth-order valence-corrected chi connectivity index (χ4v) is 3.19. The Morgan fingerprint density at radius 3 is 2.69 bits per heavy atom. The third kappa shape index (κ3) is 1.67.